The zero-order chi connectivity index (χ0) is 15.2. The van der Waals surface area contributed by atoms with Gasteiger partial charge in [0.2, 0.25) is 11.9 Å². The van der Waals surface area contributed by atoms with Crippen molar-refractivity contribution >= 4 is 11.9 Å². The first-order valence-electron chi connectivity index (χ1n) is 6.77. The van der Waals surface area contributed by atoms with E-state index in [2.05, 4.69) is 38.9 Å². The highest BCUT2D eigenvalue weighted by Crippen LogP contribution is 2.15. The number of aromatic nitrogens is 6. The lowest BCUT2D eigenvalue weighted by molar-refractivity contribution is 0.203. The number of nitrogens with two attached hydrogens (primary N) is 1. The summed E-state index contributed by atoms with van der Waals surface area (Å²) in [5.41, 5.74) is 5.79. The van der Waals surface area contributed by atoms with Gasteiger partial charge in [-0.3, -0.25) is 0 Å². The van der Waals surface area contributed by atoms with Crippen LogP contribution in [0.5, 0.6) is 0 Å². The van der Waals surface area contributed by atoms with Gasteiger partial charge in [0, 0.05) is 19.7 Å². The molecule has 0 aromatic carbocycles. The highest BCUT2D eigenvalue weighted by molar-refractivity contribution is 5.38. The Kier molecular flexibility index (Phi) is 4.99. The first-order valence-corrected chi connectivity index (χ1v) is 6.77. The Hall–Kier alpha value is -2.29. The van der Waals surface area contributed by atoms with Crippen molar-refractivity contribution in [3.05, 3.63) is 12.7 Å². The van der Waals surface area contributed by atoms with Gasteiger partial charge in [-0.05, 0) is 13.3 Å². The van der Waals surface area contributed by atoms with Crippen molar-refractivity contribution in [3.63, 3.8) is 0 Å². The molecular formula is C12H20N8O. The summed E-state index contributed by atoms with van der Waals surface area (Å²) in [6.45, 7) is 5.46. The van der Waals surface area contributed by atoms with Gasteiger partial charge in [-0.1, -0.05) is 6.92 Å². The molecular weight excluding hydrogens is 272 g/mol. The topological polar surface area (TPSA) is 108 Å². The Labute approximate surface area is 123 Å². The van der Waals surface area contributed by atoms with E-state index < -0.39 is 0 Å². The third-order valence-electron chi connectivity index (χ3n) is 3.17. The van der Waals surface area contributed by atoms with Crippen LogP contribution < -0.4 is 10.6 Å². The molecule has 21 heavy (non-hydrogen) atoms. The van der Waals surface area contributed by atoms with Crippen LogP contribution in [-0.4, -0.2) is 56.0 Å². The number of rotatable bonds is 7. The highest BCUT2D eigenvalue weighted by atomic mass is 16.5. The van der Waals surface area contributed by atoms with Crippen LogP contribution in [0.2, 0.25) is 0 Å². The molecule has 0 bridgehead atoms. The molecule has 0 saturated heterocycles. The van der Waals surface area contributed by atoms with Crippen molar-refractivity contribution in [2.75, 3.05) is 30.9 Å². The Morgan fingerprint density at radius 2 is 2.19 bits per heavy atom. The lowest BCUT2D eigenvalue weighted by Crippen LogP contribution is -2.37. The van der Waals surface area contributed by atoms with Gasteiger partial charge in [-0.15, -0.1) is 0 Å². The molecule has 0 aliphatic rings. The van der Waals surface area contributed by atoms with Gasteiger partial charge in [0.15, 0.2) is 0 Å². The summed E-state index contributed by atoms with van der Waals surface area (Å²) in [4.78, 5) is 18.7. The molecule has 0 amide bonds. The number of anilines is 2. The molecule has 114 valence electrons. The van der Waals surface area contributed by atoms with Crippen LogP contribution in [0.15, 0.2) is 12.7 Å². The zero-order valence-electron chi connectivity index (χ0n) is 12.5. The minimum atomic E-state index is 0.149. The first-order chi connectivity index (χ1) is 10.2. The van der Waals surface area contributed by atoms with E-state index in [9.17, 15) is 0 Å². The van der Waals surface area contributed by atoms with E-state index in [0.29, 0.717) is 25.0 Å². The predicted octanol–water partition coefficient (Wildman–Crippen LogP) is 0.286. The summed E-state index contributed by atoms with van der Waals surface area (Å²) >= 11 is 0. The summed E-state index contributed by atoms with van der Waals surface area (Å²) in [7, 11) is 1.66. The smallest absolute Gasteiger partial charge is 0.258 e. The zero-order valence-corrected chi connectivity index (χ0v) is 12.5. The molecule has 2 heterocycles. The van der Waals surface area contributed by atoms with Gasteiger partial charge < -0.3 is 15.4 Å². The summed E-state index contributed by atoms with van der Waals surface area (Å²) < 4.78 is 6.60. The average molecular weight is 292 g/mol. The van der Waals surface area contributed by atoms with E-state index in [0.717, 1.165) is 6.42 Å². The predicted molar refractivity (Wildman–Crippen MR) is 78.1 cm³/mol. The molecule has 0 aliphatic carbocycles. The maximum absolute atomic E-state index is 5.79. The largest absolute Gasteiger partial charge is 0.383 e. The van der Waals surface area contributed by atoms with Crippen LogP contribution >= 0.6 is 0 Å². The Morgan fingerprint density at radius 3 is 2.81 bits per heavy atom. The SMILES string of the molecule is CCC(C)N(CCOC)c1nc(N)nc(-n2cncn2)n1. The van der Waals surface area contributed by atoms with Crippen LogP contribution in [-0.2, 0) is 4.74 Å². The molecule has 0 radical (unpaired) electrons. The molecule has 9 nitrogen and oxygen atoms in total. The summed E-state index contributed by atoms with van der Waals surface area (Å²) in [5.74, 6) is 1.01. The average Bonchev–Trinajstić information content (AvgIpc) is 3.01. The molecule has 2 aromatic heterocycles. The lowest BCUT2D eigenvalue weighted by atomic mass is 10.2. The molecule has 0 aliphatic heterocycles. The van der Waals surface area contributed by atoms with E-state index in [-0.39, 0.29) is 12.0 Å². The highest BCUT2D eigenvalue weighted by Gasteiger charge is 2.18. The van der Waals surface area contributed by atoms with Crippen molar-refractivity contribution in [1.82, 2.24) is 29.7 Å². The Bertz CT molecular complexity index is 558. The van der Waals surface area contributed by atoms with Gasteiger partial charge in [-0.2, -0.15) is 24.7 Å². The monoisotopic (exact) mass is 292 g/mol. The second kappa shape index (κ2) is 6.93. The molecule has 2 N–H and O–H groups in total. The van der Waals surface area contributed by atoms with Crippen LogP contribution in [0.1, 0.15) is 20.3 Å². The molecule has 1 unspecified atom stereocenters. The van der Waals surface area contributed by atoms with Gasteiger partial charge in [0.05, 0.1) is 6.61 Å². The molecule has 2 rings (SSSR count). The summed E-state index contributed by atoms with van der Waals surface area (Å²) in [6, 6.07) is 0.255. The van der Waals surface area contributed by atoms with E-state index in [1.807, 2.05) is 4.90 Å². The van der Waals surface area contributed by atoms with Crippen molar-refractivity contribution in [1.29, 1.82) is 0 Å². The van der Waals surface area contributed by atoms with E-state index in [1.165, 1.54) is 17.3 Å². The maximum Gasteiger partial charge on any atom is 0.258 e. The molecule has 1 atom stereocenters. The fourth-order valence-corrected chi connectivity index (χ4v) is 1.84. The van der Waals surface area contributed by atoms with Crippen LogP contribution in [0, 0.1) is 0 Å². The van der Waals surface area contributed by atoms with Gasteiger partial charge in [0.25, 0.3) is 5.95 Å². The van der Waals surface area contributed by atoms with Crippen molar-refractivity contribution in [3.8, 4) is 5.95 Å². The van der Waals surface area contributed by atoms with Crippen LogP contribution in [0.25, 0.3) is 5.95 Å². The maximum atomic E-state index is 5.79. The minimum absolute atomic E-state index is 0.149. The number of ether oxygens (including phenoxy) is 1. The van der Waals surface area contributed by atoms with Gasteiger partial charge in [0.1, 0.15) is 12.7 Å². The Morgan fingerprint density at radius 1 is 1.38 bits per heavy atom. The molecule has 0 spiro atoms. The third kappa shape index (κ3) is 3.63. The van der Waals surface area contributed by atoms with Crippen molar-refractivity contribution in [2.24, 2.45) is 0 Å². The van der Waals surface area contributed by atoms with Crippen molar-refractivity contribution in [2.45, 2.75) is 26.3 Å². The quantitative estimate of drug-likeness (QED) is 0.775. The van der Waals surface area contributed by atoms with Crippen LogP contribution in [0.3, 0.4) is 0 Å². The van der Waals surface area contributed by atoms with E-state index in [4.69, 9.17) is 10.5 Å². The van der Waals surface area contributed by atoms with Gasteiger partial charge >= 0.3 is 0 Å². The number of nitrogen functional groups attached to an aromatic ring is 1. The molecule has 0 saturated carbocycles. The second-order valence-corrected chi connectivity index (χ2v) is 4.58. The number of hydrogen-bond acceptors (Lipinski definition) is 8. The van der Waals surface area contributed by atoms with Crippen LogP contribution in [0.4, 0.5) is 11.9 Å². The standard InChI is InChI=1S/C12H20N8O/c1-4-9(2)19(5-6-21-3)11-16-10(13)17-12(18-11)20-8-14-7-15-20/h7-9H,4-6H2,1-3H3,(H2,13,16,17,18). The first kappa shape index (κ1) is 15.1. The van der Waals surface area contributed by atoms with Gasteiger partial charge in [-0.25, -0.2) is 4.98 Å². The number of hydrogen-bond donors (Lipinski definition) is 1. The number of methoxy groups -OCH3 is 1. The fraction of sp³-hybridized carbons (Fsp3) is 0.583. The normalized spacial score (nSPS) is 12.3. The minimum Gasteiger partial charge on any atom is -0.383 e. The third-order valence-corrected chi connectivity index (χ3v) is 3.17. The summed E-state index contributed by atoms with van der Waals surface area (Å²) in [6.07, 6.45) is 3.88. The Balaban J connectivity index is 2.35. The molecule has 2 aromatic rings. The summed E-state index contributed by atoms with van der Waals surface area (Å²) in [5, 5.41) is 4.01. The number of nitrogens with zero attached hydrogens (tertiary/aromatic N) is 7. The fourth-order valence-electron chi connectivity index (χ4n) is 1.84. The van der Waals surface area contributed by atoms with E-state index >= 15 is 0 Å². The molecule has 9 heteroatoms. The van der Waals surface area contributed by atoms with Crippen molar-refractivity contribution < 1.29 is 4.74 Å². The second-order valence-electron chi connectivity index (χ2n) is 4.58. The van der Waals surface area contributed by atoms with E-state index in [1.54, 1.807) is 7.11 Å². The lowest BCUT2D eigenvalue weighted by Gasteiger charge is -2.28. The molecule has 0 fully saturated rings.